The van der Waals surface area contributed by atoms with Crippen molar-refractivity contribution in [2.24, 2.45) is 0 Å². The summed E-state index contributed by atoms with van der Waals surface area (Å²) < 4.78 is 0. The van der Waals surface area contributed by atoms with Crippen molar-refractivity contribution in [1.29, 1.82) is 0 Å². The van der Waals surface area contributed by atoms with Crippen molar-refractivity contribution in [3.63, 3.8) is 0 Å². The fraction of sp³-hybridized carbons (Fsp3) is 0.125. The highest BCUT2D eigenvalue weighted by molar-refractivity contribution is 14.2. The van der Waals surface area contributed by atoms with Crippen LogP contribution in [0.4, 0.5) is 0 Å². The molecule has 0 spiro atoms. The third-order valence-corrected chi connectivity index (χ3v) is 2.48. The van der Waals surface area contributed by atoms with Crippen LogP contribution in [0.5, 0.6) is 0 Å². The Labute approximate surface area is 92.9 Å². The molecule has 0 radical (unpaired) electrons. The summed E-state index contributed by atoms with van der Waals surface area (Å²) in [5.41, 5.74) is 1.59. The molecule has 1 aromatic rings. The van der Waals surface area contributed by atoms with Crippen molar-refractivity contribution < 1.29 is 0 Å². The third-order valence-electron chi connectivity index (χ3n) is 1.24. The summed E-state index contributed by atoms with van der Waals surface area (Å²) >= 11 is 7.92. The molecule has 1 nitrogen and oxygen atoms in total. The number of hydrogen-bond donors (Lipinski definition) is 0. The number of halogens is 2. The quantitative estimate of drug-likeness (QED) is 0.538. The normalized spacial score (nSPS) is 8.92. The average Bonchev–Trinajstić information content (AvgIpc) is 2.07. The Hall–Kier alpha value is 0.0800. The molecular formula is C8H5ClINS. The summed E-state index contributed by atoms with van der Waals surface area (Å²) in [5, 5.41) is 3.54. The highest BCUT2D eigenvalue weighted by Gasteiger charge is 1.95. The Bertz CT molecular complexity index is 343. The molecule has 0 unspecified atom stereocenters. The molecule has 0 aromatic carbocycles. The van der Waals surface area contributed by atoms with Crippen LogP contribution in [0.25, 0.3) is 0 Å². The maximum atomic E-state index is 5.80. The summed E-state index contributed by atoms with van der Waals surface area (Å²) in [4.78, 5) is 4.19. The van der Waals surface area contributed by atoms with Crippen LogP contribution in [0, 0.1) is 18.1 Å². The van der Waals surface area contributed by atoms with Gasteiger partial charge in [-0.2, -0.15) is 0 Å². The molecule has 0 N–H and O–H groups in total. The van der Waals surface area contributed by atoms with Crippen LogP contribution in [-0.2, 0) is 0 Å². The van der Waals surface area contributed by atoms with E-state index in [9.17, 15) is 0 Å². The van der Waals surface area contributed by atoms with E-state index in [0.717, 1.165) is 11.4 Å². The van der Waals surface area contributed by atoms with Gasteiger partial charge in [0.1, 0.15) is 5.69 Å². The zero-order chi connectivity index (χ0) is 8.97. The maximum absolute atomic E-state index is 5.80. The highest BCUT2D eigenvalue weighted by atomic mass is 127. The van der Waals surface area contributed by atoms with E-state index < -0.39 is 0 Å². The molecule has 0 fully saturated rings. The topological polar surface area (TPSA) is 12.9 Å². The van der Waals surface area contributed by atoms with E-state index >= 15 is 0 Å². The monoisotopic (exact) mass is 309 g/mol. The minimum absolute atomic E-state index is 0.683. The molecular weight excluding hydrogens is 305 g/mol. The second-order valence-corrected chi connectivity index (χ2v) is 4.15. The molecule has 12 heavy (non-hydrogen) atoms. The third kappa shape index (κ3) is 2.85. The van der Waals surface area contributed by atoms with Crippen molar-refractivity contribution in [3.05, 3.63) is 28.5 Å². The van der Waals surface area contributed by atoms with Crippen LogP contribution < -0.4 is 0 Å². The number of aromatic nitrogens is 1. The molecule has 0 aliphatic carbocycles. The van der Waals surface area contributed by atoms with Crippen LogP contribution in [0.3, 0.4) is 0 Å². The van der Waals surface area contributed by atoms with Crippen molar-refractivity contribution in [2.45, 2.75) is 6.92 Å². The molecule has 0 saturated heterocycles. The average molecular weight is 310 g/mol. The van der Waals surface area contributed by atoms with Gasteiger partial charge in [0.2, 0.25) is 0 Å². The lowest BCUT2D eigenvalue weighted by Gasteiger charge is -1.95. The fourth-order valence-electron chi connectivity index (χ4n) is 0.685. The largest absolute Gasteiger partial charge is 0.243 e. The molecule has 0 aliphatic rings. The van der Waals surface area contributed by atoms with Crippen molar-refractivity contribution in [2.75, 3.05) is 0 Å². The maximum Gasteiger partial charge on any atom is 0.114 e. The lowest BCUT2D eigenvalue weighted by molar-refractivity contribution is 1.18. The first-order chi connectivity index (χ1) is 5.74. The molecule has 0 bridgehead atoms. The van der Waals surface area contributed by atoms with Crippen LogP contribution in [0.1, 0.15) is 11.4 Å². The Morgan fingerprint density at radius 2 is 2.33 bits per heavy atom. The van der Waals surface area contributed by atoms with E-state index in [1.807, 2.05) is 19.1 Å². The van der Waals surface area contributed by atoms with E-state index in [0.29, 0.717) is 5.02 Å². The molecule has 62 valence electrons. The number of aryl methyl sites for hydroxylation is 1. The smallest absolute Gasteiger partial charge is 0.114 e. The van der Waals surface area contributed by atoms with Gasteiger partial charge in [0.15, 0.2) is 0 Å². The van der Waals surface area contributed by atoms with Gasteiger partial charge in [-0.15, -0.1) is 0 Å². The predicted molar refractivity (Wildman–Crippen MR) is 62.5 cm³/mol. The zero-order valence-corrected chi connectivity index (χ0v) is 10.00. The number of pyridine rings is 1. The molecule has 0 saturated carbocycles. The second kappa shape index (κ2) is 4.95. The molecule has 0 atom stereocenters. The molecule has 0 aliphatic heterocycles. The summed E-state index contributed by atoms with van der Waals surface area (Å²) in [5.74, 6) is 2.90. The first-order valence-corrected chi connectivity index (χ1v) is 6.89. The minimum Gasteiger partial charge on any atom is -0.243 e. The van der Waals surface area contributed by atoms with Gasteiger partial charge in [0.05, 0.1) is 10.7 Å². The van der Waals surface area contributed by atoms with Crippen LogP contribution >= 0.6 is 41.7 Å². The van der Waals surface area contributed by atoms with Gasteiger partial charge in [0.25, 0.3) is 0 Å². The summed E-state index contributed by atoms with van der Waals surface area (Å²) in [6.07, 6.45) is 0. The Morgan fingerprint density at radius 1 is 1.58 bits per heavy atom. The van der Waals surface area contributed by atoms with E-state index in [1.165, 1.54) is 8.93 Å². The van der Waals surface area contributed by atoms with Gasteiger partial charge in [0, 0.05) is 21.2 Å². The molecule has 0 amide bonds. The number of hydrogen-bond acceptors (Lipinski definition) is 2. The second-order valence-electron chi connectivity index (χ2n) is 2.07. The number of nitrogens with zero attached hydrogens (tertiary/aromatic N) is 1. The van der Waals surface area contributed by atoms with E-state index in [4.69, 9.17) is 11.6 Å². The summed E-state index contributed by atoms with van der Waals surface area (Å²) in [7, 11) is 1.44. The Balaban J connectivity index is 2.97. The molecule has 1 rings (SSSR count). The predicted octanol–water partition coefficient (Wildman–Crippen LogP) is 3.44. The van der Waals surface area contributed by atoms with E-state index in [2.05, 4.69) is 37.4 Å². The fourth-order valence-corrected chi connectivity index (χ4v) is 1.26. The zero-order valence-electron chi connectivity index (χ0n) is 6.27. The van der Waals surface area contributed by atoms with Crippen molar-refractivity contribution in [1.82, 2.24) is 4.98 Å². The van der Waals surface area contributed by atoms with E-state index in [1.54, 1.807) is 0 Å². The van der Waals surface area contributed by atoms with Gasteiger partial charge in [-0.25, -0.2) is 4.98 Å². The van der Waals surface area contributed by atoms with E-state index in [-0.39, 0.29) is 0 Å². The highest BCUT2D eigenvalue weighted by Crippen LogP contribution is 2.13. The molecule has 1 heterocycles. The van der Waals surface area contributed by atoms with Gasteiger partial charge in [-0.1, -0.05) is 11.6 Å². The van der Waals surface area contributed by atoms with Crippen molar-refractivity contribution in [3.8, 4) is 11.2 Å². The van der Waals surface area contributed by atoms with Crippen LogP contribution in [0.2, 0.25) is 5.02 Å². The Morgan fingerprint density at radius 3 is 2.92 bits per heavy atom. The lowest BCUT2D eigenvalue weighted by atomic mass is 10.3. The summed E-state index contributed by atoms with van der Waals surface area (Å²) in [6, 6.07) is 3.63. The first-order valence-electron chi connectivity index (χ1n) is 3.16. The van der Waals surface area contributed by atoms with Crippen LogP contribution in [-0.4, -0.2) is 4.98 Å². The van der Waals surface area contributed by atoms with Gasteiger partial charge < -0.3 is 0 Å². The molecule has 1 aromatic heterocycles. The van der Waals surface area contributed by atoms with Gasteiger partial charge in [-0.3, -0.25) is 0 Å². The van der Waals surface area contributed by atoms with Crippen LogP contribution in [0.15, 0.2) is 12.1 Å². The van der Waals surface area contributed by atoms with Gasteiger partial charge >= 0.3 is 0 Å². The minimum atomic E-state index is 0.683. The summed E-state index contributed by atoms with van der Waals surface area (Å²) in [6.45, 7) is 1.87. The number of rotatable bonds is 0. The Kier molecular flexibility index (Phi) is 4.19. The standard InChI is InChI=1S/C8H5ClINS/c1-6-8(9)3-2-7(11-6)4-5-12-10/h2-3H,1H3. The first kappa shape index (κ1) is 10.2. The van der Waals surface area contributed by atoms with Crippen molar-refractivity contribution >= 4 is 41.7 Å². The lowest BCUT2D eigenvalue weighted by Crippen LogP contribution is -1.86. The SMILES string of the molecule is Cc1nc(C#CSI)ccc1Cl. The molecule has 4 heteroatoms. The van der Waals surface area contributed by atoms with Gasteiger partial charge in [-0.05, 0) is 39.2 Å².